The van der Waals surface area contributed by atoms with E-state index in [4.69, 9.17) is 9.84 Å². The Morgan fingerprint density at radius 1 is 1.29 bits per heavy atom. The molecule has 1 aromatic carbocycles. The van der Waals surface area contributed by atoms with Crippen molar-refractivity contribution >= 4 is 39.0 Å². The standard InChI is InChI=1S/C19H19N5O6S/c1-12(25)21-9-14-10-24(16-8-13(22-19(26)27)2-4-17(16)30-14)31(28,29)15-3-5-18-20-6-7-23(18)11-15/h2-8,11,14,22H,9-10H2,1H3,(H,21,25)(H,26,27). The van der Waals surface area contributed by atoms with Crippen LogP contribution in [0.4, 0.5) is 16.2 Å². The minimum atomic E-state index is -4.04. The Bertz CT molecular complexity index is 1270. The van der Waals surface area contributed by atoms with Gasteiger partial charge in [0.25, 0.3) is 10.0 Å². The maximum Gasteiger partial charge on any atom is 0.409 e. The van der Waals surface area contributed by atoms with Gasteiger partial charge in [-0.25, -0.2) is 18.2 Å². The topological polar surface area (TPSA) is 142 Å². The minimum absolute atomic E-state index is 0.0284. The molecule has 162 valence electrons. The number of sulfonamides is 1. The van der Waals surface area contributed by atoms with E-state index in [2.05, 4.69) is 15.6 Å². The Hall–Kier alpha value is -3.80. The van der Waals surface area contributed by atoms with Gasteiger partial charge in [-0.1, -0.05) is 0 Å². The summed E-state index contributed by atoms with van der Waals surface area (Å²) in [6.45, 7) is 1.39. The first kappa shape index (κ1) is 20.5. The zero-order chi connectivity index (χ0) is 22.2. The number of pyridine rings is 1. The third-order valence-electron chi connectivity index (χ3n) is 4.67. The highest BCUT2D eigenvalue weighted by molar-refractivity contribution is 7.92. The number of aromatic nitrogens is 2. The van der Waals surface area contributed by atoms with Crippen LogP contribution in [0.15, 0.2) is 53.8 Å². The first-order valence-corrected chi connectivity index (χ1v) is 10.7. The van der Waals surface area contributed by atoms with Gasteiger partial charge in [0.1, 0.15) is 22.4 Å². The van der Waals surface area contributed by atoms with Crippen LogP contribution in [0, 0.1) is 0 Å². The Kier molecular flexibility index (Phi) is 5.15. The second kappa shape index (κ2) is 7.80. The lowest BCUT2D eigenvalue weighted by molar-refractivity contribution is -0.119. The number of carbonyl (C=O) groups is 2. The van der Waals surface area contributed by atoms with E-state index in [0.717, 1.165) is 4.31 Å². The van der Waals surface area contributed by atoms with Crippen LogP contribution >= 0.6 is 0 Å². The van der Waals surface area contributed by atoms with E-state index in [9.17, 15) is 18.0 Å². The van der Waals surface area contributed by atoms with Crippen molar-refractivity contribution < 1.29 is 27.9 Å². The summed E-state index contributed by atoms with van der Waals surface area (Å²) in [5, 5.41) is 13.8. The first-order valence-electron chi connectivity index (χ1n) is 9.24. The van der Waals surface area contributed by atoms with E-state index in [-0.39, 0.29) is 41.0 Å². The Balaban J connectivity index is 1.77. The SMILES string of the molecule is CC(=O)NCC1CN(S(=O)(=O)c2ccc3nccn3c2)c2cc(NC(=O)O)ccc2O1. The Labute approximate surface area is 177 Å². The van der Waals surface area contributed by atoms with Crippen LogP contribution in [-0.4, -0.2) is 54.1 Å². The number of benzene rings is 1. The van der Waals surface area contributed by atoms with Crippen LogP contribution in [-0.2, 0) is 14.8 Å². The summed E-state index contributed by atoms with van der Waals surface area (Å²) >= 11 is 0. The van der Waals surface area contributed by atoms with Crippen molar-refractivity contribution in [2.45, 2.75) is 17.9 Å². The highest BCUT2D eigenvalue weighted by Crippen LogP contribution is 2.39. The number of amides is 2. The van der Waals surface area contributed by atoms with E-state index in [0.29, 0.717) is 5.65 Å². The van der Waals surface area contributed by atoms with Crippen molar-refractivity contribution in [1.82, 2.24) is 14.7 Å². The van der Waals surface area contributed by atoms with Crippen molar-refractivity contribution in [2.75, 3.05) is 22.7 Å². The minimum Gasteiger partial charge on any atom is -0.484 e. The van der Waals surface area contributed by atoms with Crippen LogP contribution in [0.1, 0.15) is 6.92 Å². The zero-order valence-electron chi connectivity index (χ0n) is 16.3. The molecule has 1 atom stereocenters. The first-order chi connectivity index (χ1) is 14.7. The van der Waals surface area contributed by atoms with Crippen LogP contribution in [0.2, 0.25) is 0 Å². The molecule has 0 saturated carbocycles. The van der Waals surface area contributed by atoms with Gasteiger partial charge in [0, 0.05) is 31.2 Å². The van der Waals surface area contributed by atoms with Gasteiger partial charge in [-0.15, -0.1) is 0 Å². The second-order valence-electron chi connectivity index (χ2n) is 6.88. The molecule has 3 N–H and O–H groups in total. The highest BCUT2D eigenvalue weighted by Gasteiger charge is 2.35. The number of rotatable bonds is 5. The molecule has 3 aromatic rings. The summed E-state index contributed by atoms with van der Waals surface area (Å²) in [5.74, 6) is -0.0137. The van der Waals surface area contributed by atoms with Gasteiger partial charge in [-0.3, -0.25) is 14.4 Å². The number of hydrogen-bond acceptors (Lipinski definition) is 6. The molecule has 12 heteroatoms. The summed E-state index contributed by atoms with van der Waals surface area (Å²) < 4.78 is 35.7. The van der Waals surface area contributed by atoms with Crippen molar-refractivity contribution in [3.05, 3.63) is 48.9 Å². The summed E-state index contributed by atoms with van der Waals surface area (Å²) in [4.78, 5) is 26.5. The number of imidazole rings is 1. The molecular weight excluding hydrogens is 426 g/mol. The average Bonchev–Trinajstić information content (AvgIpc) is 3.19. The zero-order valence-corrected chi connectivity index (χ0v) is 17.2. The van der Waals surface area contributed by atoms with Gasteiger partial charge in [0.15, 0.2) is 0 Å². The van der Waals surface area contributed by atoms with Crippen LogP contribution in [0.25, 0.3) is 5.65 Å². The predicted molar refractivity (Wildman–Crippen MR) is 111 cm³/mol. The maximum atomic E-state index is 13.5. The molecular formula is C19H19N5O6S. The number of nitrogens with zero attached hydrogens (tertiary/aromatic N) is 3. The third-order valence-corrected chi connectivity index (χ3v) is 6.43. The lowest BCUT2D eigenvalue weighted by atomic mass is 10.2. The molecule has 0 fully saturated rings. The lowest BCUT2D eigenvalue weighted by Gasteiger charge is -2.35. The van der Waals surface area contributed by atoms with Crippen molar-refractivity contribution in [3.8, 4) is 5.75 Å². The van der Waals surface area contributed by atoms with Gasteiger partial charge < -0.3 is 19.6 Å². The lowest BCUT2D eigenvalue weighted by Crippen LogP contribution is -2.48. The van der Waals surface area contributed by atoms with Gasteiger partial charge in [-0.05, 0) is 30.3 Å². The molecule has 0 spiro atoms. The van der Waals surface area contributed by atoms with Gasteiger partial charge in [0.05, 0.1) is 18.8 Å². The predicted octanol–water partition coefficient (Wildman–Crippen LogP) is 1.52. The van der Waals surface area contributed by atoms with E-state index in [1.54, 1.807) is 22.9 Å². The molecule has 0 bridgehead atoms. The molecule has 1 aliphatic rings. The number of nitrogens with one attached hydrogen (secondary N) is 2. The van der Waals surface area contributed by atoms with E-state index in [1.165, 1.54) is 37.4 Å². The van der Waals surface area contributed by atoms with E-state index < -0.39 is 22.2 Å². The average molecular weight is 445 g/mol. The van der Waals surface area contributed by atoms with Gasteiger partial charge >= 0.3 is 6.09 Å². The van der Waals surface area contributed by atoms with Gasteiger partial charge in [0.2, 0.25) is 5.91 Å². The molecule has 4 rings (SSSR count). The molecule has 0 radical (unpaired) electrons. The van der Waals surface area contributed by atoms with Crippen molar-refractivity contribution in [1.29, 1.82) is 0 Å². The summed E-state index contributed by atoms with van der Waals surface area (Å²) in [6.07, 6.45) is 2.73. The normalized spacial score (nSPS) is 15.8. The van der Waals surface area contributed by atoms with Crippen LogP contribution in [0.3, 0.4) is 0 Å². The number of carbonyl (C=O) groups excluding carboxylic acids is 1. The fraction of sp³-hybridized carbons (Fsp3) is 0.211. The molecule has 1 aliphatic heterocycles. The number of fused-ring (bicyclic) bond motifs is 2. The number of hydrogen-bond donors (Lipinski definition) is 3. The summed E-state index contributed by atoms with van der Waals surface area (Å²) in [5.41, 5.74) is 0.981. The number of carboxylic acid groups (broad SMARTS) is 1. The molecule has 11 nitrogen and oxygen atoms in total. The van der Waals surface area contributed by atoms with E-state index in [1.807, 2.05) is 0 Å². The monoisotopic (exact) mass is 445 g/mol. The number of anilines is 2. The van der Waals surface area contributed by atoms with Gasteiger partial charge in [-0.2, -0.15) is 0 Å². The molecule has 31 heavy (non-hydrogen) atoms. The molecule has 0 aliphatic carbocycles. The smallest absolute Gasteiger partial charge is 0.409 e. The highest BCUT2D eigenvalue weighted by atomic mass is 32.2. The fourth-order valence-corrected chi connectivity index (χ4v) is 4.79. The Morgan fingerprint density at radius 2 is 2.10 bits per heavy atom. The van der Waals surface area contributed by atoms with Crippen molar-refractivity contribution in [2.24, 2.45) is 0 Å². The van der Waals surface area contributed by atoms with Crippen molar-refractivity contribution in [3.63, 3.8) is 0 Å². The quantitative estimate of drug-likeness (QED) is 0.540. The number of ether oxygens (including phenoxy) is 1. The van der Waals surface area contributed by atoms with Crippen LogP contribution in [0.5, 0.6) is 5.75 Å². The molecule has 2 amide bonds. The molecule has 3 heterocycles. The van der Waals surface area contributed by atoms with Crippen LogP contribution < -0.4 is 19.7 Å². The summed E-state index contributed by atoms with van der Waals surface area (Å²) in [7, 11) is -4.04. The largest absolute Gasteiger partial charge is 0.484 e. The van der Waals surface area contributed by atoms with E-state index >= 15 is 0 Å². The molecule has 2 aromatic heterocycles. The summed E-state index contributed by atoms with van der Waals surface area (Å²) in [6, 6.07) is 7.39. The second-order valence-corrected chi connectivity index (χ2v) is 8.75. The molecule has 0 saturated heterocycles. The molecule has 1 unspecified atom stereocenters. The maximum absolute atomic E-state index is 13.5. The Morgan fingerprint density at radius 3 is 2.84 bits per heavy atom. The third kappa shape index (κ3) is 4.10. The fourth-order valence-electron chi connectivity index (χ4n) is 3.28.